The monoisotopic (exact) mass is 248 g/mol. The number of non-ortho nitro benzene ring substituents is 1. The fraction of sp³-hybridized carbons (Fsp3) is 0.429. The fourth-order valence-electron chi connectivity index (χ4n) is 1.82. The number of hydrogen-bond donors (Lipinski definition) is 0. The molecule has 0 amide bonds. The molecule has 0 saturated carbocycles. The molecule has 0 aliphatic carbocycles. The zero-order chi connectivity index (χ0) is 13.5. The summed E-state index contributed by atoms with van der Waals surface area (Å²) in [5.41, 5.74) is 1.22. The van der Waals surface area contributed by atoms with Gasteiger partial charge >= 0.3 is 0 Å². The number of hydrogen-bond acceptors (Lipinski definition) is 2. The van der Waals surface area contributed by atoms with Crippen LogP contribution in [0.15, 0.2) is 30.5 Å². The predicted molar refractivity (Wildman–Crippen MR) is 74.8 cm³/mol. The predicted octanol–water partition coefficient (Wildman–Crippen LogP) is 4.38. The molecule has 0 saturated heterocycles. The summed E-state index contributed by atoms with van der Waals surface area (Å²) in [5.74, 6) is 0. The first-order chi connectivity index (χ1) is 8.72. The third-order valence-electron chi connectivity index (χ3n) is 2.72. The molecule has 0 bridgehead atoms. The summed E-state index contributed by atoms with van der Waals surface area (Å²) < 4.78 is 2.14. The third kappa shape index (κ3) is 3.09. The number of aryl methyl sites for hydroxylation is 1. The highest BCUT2D eigenvalue weighted by Gasteiger charge is 2.08. The zero-order valence-electron chi connectivity index (χ0n) is 11.2. The maximum absolute atomic E-state index is 10.6. The van der Waals surface area contributed by atoms with Crippen LogP contribution in [0.1, 0.15) is 33.6 Å². The molecule has 1 heterocycles. The Morgan fingerprint density at radius 1 is 1.28 bits per heavy atom. The number of benzene rings is 1. The molecule has 0 radical (unpaired) electrons. The number of nitrogens with zero attached hydrogens (tertiary/aromatic N) is 2. The van der Waals surface area contributed by atoms with Gasteiger partial charge in [0.15, 0.2) is 0 Å². The smallest absolute Gasteiger partial charge is 0.270 e. The van der Waals surface area contributed by atoms with Crippen molar-refractivity contribution in [3.8, 4) is 0 Å². The largest absolute Gasteiger partial charge is 0.347 e. The van der Waals surface area contributed by atoms with Crippen molar-refractivity contribution in [3.63, 3.8) is 0 Å². The molecule has 0 aliphatic rings. The molecule has 18 heavy (non-hydrogen) atoms. The van der Waals surface area contributed by atoms with Crippen LogP contribution in [-0.2, 0) is 6.54 Å². The topological polar surface area (TPSA) is 48.1 Å². The van der Waals surface area contributed by atoms with Gasteiger partial charge in [-0.05, 0) is 18.6 Å². The SMILES string of the molecule is CC.CCCCn1ccc2cc([N+](=O)[O-])ccc21. The van der Waals surface area contributed by atoms with Gasteiger partial charge in [0.25, 0.3) is 5.69 Å². The van der Waals surface area contributed by atoms with Gasteiger partial charge in [-0.15, -0.1) is 0 Å². The Morgan fingerprint density at radius 3 is 2.61 bits per heavy atom. The van der Waals surface area contributed by atoms with Crippen LogP contribution in [0.4, 0.5) is 5.69 Å². The lowest BCUT2D eigenvalue weighted by atomic mass is 10.2. The first kappa shape index (κ1) is 14.2. The normalized spacial score (nSPS) is 9.94. The van der Waals surface area contributed by atoms with E-state index in [1.807, 2.05) is 32.2 Å². The molecule has 98 valence electrons. The maximum Gasteiger partial charge on any atom is 0.270 e. The summed E-state index contributed by atoms with van der Waals surface area (Å²) in [6, 6.07) is 6.93. The number of nitro groups is 1. The van der Waals surface area contributed by atoms with E-state index in [0.717, 1.165) is 30.3 Å². The average molecular weight is 248 g/mol. The lowest BCUT2D eigenvalue weighted by Crippen LogP contribution is -1.95. The maximum atomic E-state index is 10.6. The van der Waals surface area contributed by atoms with Crippen molar-refractivity contribution in [2.45, 2.75) is 40.2 Å². The van der Waals surface area contributed by atoms with E-state index in [1.54, 1.807) is 12.1 Å². The van der Waals surface area contributed by atoms with Crippen LogP contribution < -0.4 is 0 Å². The van der Waals surface area contributed by atoms with E-state index < -0.39 is 0 Å². The molecular weight excluding hydrogens is 228 g/mol. The van der Waals surface area contributed by atoms with Gasteiger partial charge in [-0.25, -0.2) is 0 Å². The standard InChI is InChI=1S/C12H14N2O2.C2H6/c1-2-3-7-13-8-6-10-9-11(14(15)16)4-5-12(10)13;1-2/h4-6,8-9H,2-3,7H2,1H3;1-2H3. The number of rotatable bonds is 4. The Labute approximate surface area is 107 Å². The summed E-state index contributed by atoms with van der Waals surface area (Å²) in [7, 11) is 0. The van der Waals surface area contributed by atoms with Crippen molar-refractivity contribution in [3.05, 3.63) is 40.6 Å². The molecule has 0 unspecified atom stereocenters. The van der Waals surface area contributed by atoms with Gasteiger partial charge in [-0.2, -0.15) is 0 Å². The van der Waals surface area contributed by atoms with Crippen LogP contribution in [0.3, 0.4) is 0 Å². The van der Waals surface area contributed by atoms with Crippen molar-refractivity contribution in [1.82, 2.24) is 4.57 Å². The van der Waals surface area contributed by atoms with E-state index in [2.05, 4.69) is 11.5 Å². The molecule has 1 aromatic heterocycles. The Hall–Kier alpha value is -1.84. The van der Waals surface area contributed by atoms with E-state index in [-0.39, 0.29) is 10.6 Å². The van der Waals surface area contributed by atoms with Crippen molar-refractivity contribution in [2.24, 2.45) is 0 Å². The minimum absolute atomic E-state index is 0.153. The molecule has 0 aliphatic heterocycles. The van der Waals surface area contributed by atoms with Gasteiger partial charge in [0.2, 0.25) is 0 Å². The number of aromatic nitrogens is 1. The zero-order valence-corrected chi connectivity index (χ0v) is 11.2. The molecular formula is C14H20N2O2. The van der Waals surface area contributed by atoms with E-state index in [9.17, 15) is 10.1 Å². The van der Waals surface area contributed by atoms with Crippen molar-refractivity contribution in [2.75, 3.05) is 0 Å². The Balaban J connectivity index is 0.000000771. The second-order valence-electron chi connectivity index (χ2n) is 3.86. The Kier molecular flexibility index (Phi) is 5.36. The quantitative estimate of drug-likeness (QED) is 0.595. The van der Waals surface area contributed by atoms with Gasteiger partial charge in [0.05, 0.1) is 4.92 Å². The van der Waals surface area contributed by atoms with Crippen molar-refractivity contribution < 1.29 is 4.92 Å². The minimum Gasteiger partial charge on any atom is -0.347 e. The van der Waals surface area contributed by atoms with Crippen LogP contribution in [0.5, 0.6) is 0 Å². The Morgan fingerprint density at radius 2 is 2.00 bits per heavy atom. The molecule has 4 heteroatoms. The fourth-order valence-corrected chi connectivity index (χ4v) is 1.82. The van der Waals surface area contributed by atoms with Gasteiger partial charge in [0, 0.05) is 35.8 Å². The molecule has 0 atom stereocenters. The van der Waals surface area contributed by atoms with E-state index in [1.165, 1.54) is 0 Å². The number of nitro benzene ring substituents is 1. The summed E-state index contributed by atoms with van der Waals surface area (Å²) in [6.45, 7) is 7.12. The minimum atomic E-state index is -0.358. The van der Waals surface area contributed by atoms with Gasteiger partial charge in [0.1, 0.15) is 0 Å². The average Bonchev–Trinajstić information content (AvgIpc) is 2.81. The number of unbranched alkanes of at least 4 members (excludes halogenated alkanes) is 1. The summed E-state index contributed by atoms with van der Waals surface area (Å²) in [4.78, 5) is 10.3. The molecule has 0 spiro atoms. The van der Waals surface area contributed by atoms with Crippen LogP contribution in [0, 0.1) is 10.1 Å². The second-order valence-corrected chi connectivity index (χ2v) is 3.86. The van der Waals surface area contributed by atoms with E-state index in [4.69, 9.17) is 0 Å². The van der Waals surface area contributed by atoms with Gasteiger partial charge in [-0.1, -0.05) is 27.2 Å². The molecule has 0 fully saturated rings. The summed E-state index contributed by atoms with van der Waals surface area (Å²) in [5, 5.41) is 11.6. The lowest BCUT2D eigenvalue weighted by molar-refractivity contribution is -0.384. The highest BCUT2D eigenvalue weighted by Crippen LogP contribution is 2.22. The summed E-state index contributed by atoms with van der Waals surface area (Å²) >= 11 is 0. The van der Waals surface area contributed by atoms with Crippen LogP contribution in [0.25, 0.3) is 10.9 Å². The molecule has 1 aromatic carbocycles. The van der Waals surface area contributed by atoms with Crippen LogP contribution >= 0.6 is 0 Å². The third-order valence-corrected chi connectivity index (χ3v) is 2.72. The highest BCUT2D eigenvalue weighted by atomic mass is 16.6. The van der Waals surface area contributed by atoms with Gasteiger partial charge < -0.3 is 4.57 Å². The lowest BCUT2D eigenvalue weighted by Gasteiger charge is -2.03. The first-order valence-electron chi connectivity index (χ1n) is 6.45. The van der Waals surface area contributed by atoms with E-state index in [0.29, 0.717) is 0 Å². The van der Waals surface area contributed by atoms with Crippen LogP contribution in [-0.4, -0.2) is 9.49 Å². The summed E-state index contributed by atoms with van der Waals surface area (Å²) in [6.07, 6.45) is 4.26. The molecule has 0 N–H and O–H groups in total. The molecule has 4 nitrogen and oxygen atoms in total. The molecule has 2 aromatic rings. The first-order valence-corrected chi connectivity index (χ1v) is 6.45. The van der Waals surface area contributed by atoms with Crippen LogP contribution in [0.2, 0.25) is 0 Å². The number of fused-ring (bicyclic) bond motifs is 1. The van der Waals surface area contributed by atoms with E-state index >= 15 is 0 Å². The Bertz CT molecular complexity index is 517. The van der Waals surface area contributed by atoms with Crippen molar-refractivity contribution in [1.29, 1.82) is 0 Å². The second kappa shape index (κ2) is 6.79. The van der Waals surface area contributed by atoms with Gasteiger partial charge in [-0.3, -0.25) is 10.1 Å². The highest BCUT2D eigenvalue weighted by molar-refractivity contribution is 5.82. The molecule has 2 rings (SSSR count). The van der Waals surface area contributed by atoms with Crippen molar-refractivity contribution >= 4 is 16.6 Å².